The maximum Gasteiger partial charge on any atom is 0.355 e. The van der Waals surface area contributed by atoms with Gasteiger partial charge in [-0.1, -0.05) is 0 Å². The van der Waals surface area contributed by atoms with Crippen LogP contribution in [0.4, 0.5) is 0 Å². The van der Waals surface area contributed by atoms with Gasteiger partial charge in [0.1, 0.15) is 5.69 Å². The van der Waals surface area contributed by atoms with Gasteiger partial charge in [-0.25, -0.2) is 4.79 Å². The molecule has 20 heavy (non-hydrogen) atoms. The number of hydrogen-bond donors (Lipinski definition) is 1. The maximum absolute atomic E-state index is 11.9. The Morgan fingerprint density at radius 3 is 2.70 bits per heavy atom. The maximum atomic E-state index is 11.9. The number of ether oxygens (including phenoxy) is 1. The SMILES string of the molecule is Cn1c(C(=O)OCC(=O)NC(C)(C)C)cc2occc21. The summed E-state index contributed by atoms with van der Waals surface area (Å²) in [6.45, 7) is 5.27. The Hall–Kier alpha value is -2.24. The summed E-state index contributed by atoms with van der Waals surface area (Å²) in [7, 11) is 1.74. The second-order valence-electron chi connectivity index (χ2n) is 5.63. The van der Waals surface area contributed by atoms with Crippen molar-refractivity contribution in [1.82, 2.24) is 9.88 Å². The number of rotatable bonds is 3. The Morgan fingerprint density at radius 2 is 2.10 bits per heavy atom. The average Bonchev–Trinajstić information content (AvgIpc) is 2.87. The molecule has 0 aliphatic carbocycles. The predicted molar refractivity (Wildman–Crippen MR) is 73.4 cm³/mol. The largest absolute Gasteiger partial charge is 0.463 e. The van der Waals surface area contributed by atoms with E-state index in [2.05, 4.69) is 5.32 Å². The molecular weight excluding hydrogens is 260 g/mol. The minimum absolute atomic E-state index is 0.303. The molecule has 0 aliphatic heterocycles. The molecular formula is C14H18N2O4. The number of fused-ring (bicyclic) bond motifs is 1. The number of carbonyl (C=O) groups is 2. The van der Waals surface area contributed by atoms with Crippen molar-refractivity contribution in [3.05, 3.63) is 24.1 Å². The first-order chi connectivity index (χ1) is 9.28. The molecule has 0 atom stereocenters. The van der Waals surface area contributed by atoms with Crippen LogP contribution in [0.3, 0.4) is 0 Å². The van der Waals surface area contributed by atoms with Crippen LogP contribution in [0.5, 0.6) is 0 Å². The van der Waals surface area contributed by atoms with E-state index in [0.29, 0.717) is 11.3 Å². The van der Waals surface area contributed by atoms with Crippen LogP contribution in [0.2, 0.25) is 0 Å². The zero-order valence-electron chi connectivity index (χ0n) is 12.0. The molecule has 1 amide bonds. The van der Waals surface area contributed by atoms with Crippen molar-refractivity contribution in [3.8, 4) is 0 Å². The van der Waals surface area contributed by atoms with Crippen LogP contribution >= 0.6 is 0 Å². The molecule has 2 rings (SSSR count). The van der Waals surface area contributed by atoms with Crippen LogP contribution in [0.1, 0.15) is 31.3 Å². The van der Waals surface area contributed by atoms with Gasteiger partial charge in [-0.3, -0.25) is 4.79 Å². The number of hydrogen-bond acceptors (Lipinski definition) is 4. The lowest BCUT2D eigenvalue weighted by Gasteiger charge is -2.20. The summed E-state index contributed by atoms with van der Waals surface area (Å²) in [4.78, 5) is 23.5. The van der Waals surface area contributed by atoms with E-state index in [0.717, 1.165) is 5.52 Å². The molecule has 1 N–H and O–H groups in total. The third kappa shape index (κ3) is 3.01. The number of amides is 1. The number of nitrogens with zero attached hydrogens (tertiary/aromatic N) is 1. The van der Waals surface area contributed by atoms with Crippen LogP contribution in [0, 0.1) is 0 Å². The van der Waals surface area contributed by atoms with Gasteiger partial charge in [0.15, 0.2) is 12.2 Å². The molecule has 108 valence electrons. The molecule has 0 saturated heterocycles. The fraction of sp³-hybridized carbons (Fsp3) is 0.429. The monoisotopic (exact) mass is 278 g/mol. The topological polar surface area (TPSA) is 73.5 Å². The van der Waals surface area contributed by atoms with E-state index in [-0.39, 0.29) is 18.1 Å². The molecule has 2 aromatic heterocycles. The molecule has 6 heteroatoms. The molecule has 0 saturated carbocycles. The van der Waals surface area contributed by atoms with Gasteiger partial charge < -0.3 is 19.0 Å². The van der Waals surface area contributed by atoms with Crippen LogP contribution in [0.25, 0.3) is 11.1 Å². The van der Waals surface area contributed by atoms with Gasteiger partial charge in [0.2, 0.25) is 0 Å². The second-order valence-corrected chi connectivity index (χ2v) is 5.63. The summed E-state index contributed by atoms with van der Waals surface area (Å²) in [5.41, 5.74) is 1.41. The van der Waals surface area contributed by atoms with Gasteiger partial charge in [-0.2, -0.15) is 0 Å². The van der Waals surface area contributed by atoms with E-state index in [1.54, 1.807) is 30.0 Å². The van der Waals surface area contributed by atoms with Crippen molar-refractivity contribution in [1.29, 1.82) is 0 Å². The Balaban J connectivity index is 2.00. The van der Waals surface area contributed by atoms with Crippen molar-refractivity contribution in [2.75, 3.05) is 6.61 Å². The van der Waals surface area contributed by atoms with E-state index in [1.807, 2.05) is 20.8 Å². The normalized spacial score (nSPS) is 11.6. The summed E-state index contributed by atoms with van der Waals surface area (Å²) in [6, 6.07) is 3.36. The number of aromatic nitrogens is 1. The van der Waals surface area contributed by atoms with E-state index in [1.165, 1.54) is 0 Å². The minimum Gasteiger partial charge on any atom is -0.463 e. The van der Waals surface area contributed by atoms with Crippen LogP contribution in [-0.2, 0) is 16.6 Å². The van der Waals surface area contributed by atoms with Gasteiger partial charge in [0.25, 0.3) is 5.91 Å². The number of carbonyl (C=O) groups excluding carboxylic acids is 2. The third-order valence-electron chi connectivity index (χ3n) is 2.72. The standard InChI is InChI=1S/C14H18N2O4/c1-14(2,3)15-12(17)8-20-13(18)10-7-11-9(16(10)4)5-6-19-11/h5-7H,8H2,1-4H3,(H,15,17). The van der Waals surface area contributed by atoms with Crippen molar-refractivity contribution < 1.29 is 18.7 Å². The number of aryl methyl sites for hydroxylation is 1. The lowest BCUT2D eigenvalue weighted by molar-refractivity contribution is -0.125. The lowest BCUT2D eigenvalue weighted by atomic mass is 10.1. The molecule has 0 fully saturated rings. The van der Waals surface area contributed by atoms with Gasteiger partial charge in [0.05, 0.1) is 11.8 Å². The van der Waals surface area contributed by atoms with Gasteiger partial charge in [-0.15, -0.1) is 0 Å². The summed E-state index contributed by atoms with van der Waals surface area (Å²) < 4.78 is 11.9. The van der Waals surface area contributed by atoms with Gasteiger partial charge >= 0.3 is 5.97 Å². The Bertz CT molecular complexity index is 646. The highest BCUT2D eigenvalue weighted by atomic mass is 16.5. The molecule has 0 unspecified atom stereocenters. The highest BCUT2D eigenvalue weighted by Gasteiger charge is 2.19. The summed E-state index contributed by atoms with van der Waals surface area (Å²) in [6.07, 6.45) is 1.55. The molecule has 6 nitrogen and oxygen atoms in total. The van der Waals surface area contributed by atoms with Crippen molar-refractivity contribution in [2.45, 2.75) is 26.3 Å². The fourth-order valence-corrected chi connectivity index (χ4v) is 1.91. The highest BCUT2D eigenvalue weighted by molar-refractivity contribution is 5.95. The predicted octanol–water partition coefficient (Wildman–Crippen LogP) is 1.84. The number of esters is 1. The van der Waals surface area contributed by atoms with Crippen LogP contribution in [0.15, 0.2) is 22.8 Å². The highest BCUT2D eigenvalue weighted by Crippen LogP contribution is 2.20. The molecule has 2 aromatic rings. The van der Waals surface area contributed by atoms with E-state index in [9.17, 15) is 9.59 Å². The number of nitrogens with one attached hydrogen (secondary N) is 1. The van der Waals surface area contributed by atoms with Gasteiger partial charge in [-0.05, 0) is 20.8 Å². The van der Waals surface area contributed by atoms with E-state index in [4.69, 9.17) is 9.15 Å². The lowest BCUT2D eigenvalue weighted by Crippen LogP contribution is -2.42. The molecule has 0 radical (unpaired) electrons. The zero-order chi connectivity index (χ0) is 14.9. The van der Waals surface area contributed by atoms with Crippen LogP contribution < -0.4 is 5.32 Å². The smallest absolute Gasteiger partial charge is 0.355 e. The summed E-state index contributed by atoms with van der Waals surface area (Å²) in [5.74, 6) is -0.883. The van der Waals surface area contributed by atoms with Crippen molar-refractivity contribution >= 4 is 23.0 Å². The van der Waals surface area contributed by atoms with E-state index < -0.39 is 5.97 Å². The first kappa shape index (κ1) is 14.2. The summed E-state index contributed by atoms with van der Waals surface area (Å²) in [5, 5.41) is 2.72. The first-order valence-corrected chi connectivity index (χ1v) is 6.29. The minimum atomic E-state index is -0.553. The molecule has 0 bridgehead atoms. The van der Waals surface area contributed by atoms with Crippen molar-refractivity contribution in [3.63, 3.8) is 0 Å². The molecule has 2 heterocycles. The second kappa shape index (κ2) is 5.03. The van der Waals surface area contributed by atoms with Gasteiger partial charge in [0, 0.05) is 24.7 Å². The molecule has 0 aliphatic rings. The van der Waals surface area contributed by atoms with E-state index >= 15 is 0 Å². The quantitative estimate of drug-likeness (QED) is 0.869. The molecule has 0 aromatic carbocycles. The van der Waals surface area contributed by atoms with Crippen LogP contribution in [-0.4, -0.2) is 28.6 Å². The number of furan rings is 1. The Kier molecular flexibility index (Phi) is 3.57. The summed E-state index contributed by atoms with van der Waals surface area (Å²) >= 11 is 0. The first-order valence-electron chi connectivity index (χ1n) is 6.29. The Morgan fingerprint density at radius 1 is 1.40 bits per heavy atom. The Labute approximate surface area is 116 Å². The third-order valence-corrected chi connectivity index (χ3v) is 2.72. The molecule has 0 spiro atoms. The van der Waals surface area contributed by atoms with Crippen molar-refractivity contribution in [2.24, 2.45) is 7.05 Å². The average molecular weight is 278 g/mol. The fourth-order valence-electron chi connectivity index (χ4n) is 1.91. The zero-order valence-corrected chi connectivity index (χ0v) is 12.0.